The molecule has 3 heterocycles. The van der Waals surface area contributed by atoms with Crippen molar-refractivity contribution in [3.8, 4) is 17.0 Å². The Labute approximate surface area is 185 Å². The van der Waals surface area contributed by atoms with Gasteiger partial charge in [-0.05, 0) is 30.2 Å². The monoisotopic (exact) mass is 431 g/mol. The van der Waals surface area contributed by atoms with E-state index in [1.807, 2.05) is 61.5 Å². The number of hydrogen-bond acceptors (Lipinski definition) is 4. The molecule has 0 bridgehead atoms. The van der Waals surface area contributed by atoms with Crippen molar-refractivity contribution < 1.29 is 9.47 Å². The maximum absolute atomic E-state index is 13.4. The number of methoxy groups -OCH3 is 1. The third kappa shape index (κ3) is 2.92. The molecule has 1 aliphatic heterocycles. The predicted octanol–water partition coefficient (Wildman–Crippen LogP) is 3.22. The quantitative estimate of drug-likeness (QED) is 0.500. The molecule has 2 aromatic carbocycles. The Balaban J connectivity index is 1.92. The molecule has 0 saturated carbocycles. The summed E-state index contributed by atoms with van der Waals surface area (Å²) in [4.78, 5) is 26.3. The molecule has 0 spiro atoms. The molecule has 32 heavy (non-hydrogen) atoms. The van der Waals surface area contributed by atoms with Gasteiger partial charge in [0, 0.05) is 20.6 Å². The van der Waals surface area contributed by atoms with Gasteiger partial charge in [0.25, 0.3) is 5.56 Å². The molecule has 0 saturated heterocycles. The Morgan fingerprint density at radius 3 is 2.31 bits per heavy atom. The van der Waals surface area contributed by atoms with Crippen LogP contribution < -0.4 is 16.0 Å². The molecular weight excluding hydrogens is 406 g/mol. The fraction of sp³-hybridized carbons (Fsp3) is 0.280. The van der Waals surface area contributed by atoms with Crippen molar-refractivity contribution in [2.45, 2.75) is 25.7 Å². The predicted molar refractivity (Wildman–Crippen MR) is 123 cm³/mol. The first-order valence-electron chi connectivity index (χ1n) is 10.6. The molecule has 7 heteroatoms. The summed E-state index contributed by atoms with van der Waals surface area (Å²) in [6, 6.07) is 17.6. The lowest BCUT2D eigenvalue weighted by Gasteiger charge is -2.32. The van der Waals surface area contributed by atoms with Crippen LogP contribution >= 0.6 is 0 Å². The molecule has 0 unspecified atom stereocenters. The summed E-state index contributed by atoms with van der Waals surface area (Å²) < 4.78 is 16.6. The van der Waals surface area contributed by atoms with Crippen LogP contribution in [0, 0.1) is 0 Å². The number of aromatic nitrogens is 3. The van der Waals surface area contributed by atoms with Crippen molar-refractivity contribution in [1.82, 2.24) is 13.7 Å². The summed E-state index contributed by atoms with van der Waals surface area (Å²) in [5.74, 6) is 0.754. The molecule has 0 aliphatic carbocycles. The smallest absolute Gasteiger partial charge is 0.331 e. The second-order valence-corrected chi connectivity index (χ2v) is 8.24. The standard InChI is InChI=1S/C25H25N3O4/c1-15-14-28-20(16-8-6-5-7-9-16)19-21(26(2)25(30)27(3)24(19)29)22(28)23(32-15)17-10-12-18(31-4)13-11-17/h5-13,15,23H,14H2,1-4H3/t15-,23+/m0/s1. The van der Waals surface area contributed by atoms with Crippen molar-refractivity contribution in [2.24, 2.45) is 14.1 Å². The van der Waals surface area contributed by atoms with Crippen LogP contribution in [0.15, 0.2) is 64.2 Å². The van der Waals surface area contributed by atoms with Gasteiger partial charge < -0.3 is 14.0 Å². The van der Waals surface area contributed by atoms with E-state index >= 15 is 0 Å². The molecule has 7 nitrogen and oxygen atoms in total. The Kier molecular flexibility index (Phi) is 4.78. The number of nitrogens with zero attached hydrogens (tertiary/aromatic N) is 3. The molecule has 164 valence electrons. The van der Waals surface area contributed by atoms with Crippen LogP contribution in [0.25, 0.3) is 22.2 Å². The molecule has 0 fully saturated rings. The molecule has 0 amide bonds. The highest BCUT2D eigenvalue weighted by Gasteiger charge is 2.35. The maximum Gasteiger partial charge on any atom is 0.331 e. The van der Waals surface area contributed by atoms with E-state index in [1.54, 1.807) is 18.7 Å². The van der Waals surface area contributed by atoms with E-state index in [1.165, 1.54) is 11.6 Å². The van der Waals surface area contributed by atoms with Gasteiger partial charge in [-0.1, -0.05) is 42.5 Å². The summed E-state index contributed by atoms with van der Waals surface area (Å²) in [7, 11) is 4.86. The number of fused-ring (bicyclic) bond motifs is 3. The molecule has 0 radical (unpaired) electrons. The fourth-order valence-corrected chi connectivity index (χ4v) is 4.70. The van der Waals surface area contributed by atoms with Gasteiger partial charge in [-0.25, -0.2) is 4.79 Å². The second-order valence-electron chi connectivity index (χ2n) is 8.24. The lowest BCUT2D eigenvalue weighted by atomic mass is 10.0. The van der Waals surface area contributed by atoms with Gasteiger partial charge in [0.2, 0.25) is 0 Å². The number of aryl methyl sites for hydroxylation is 1. The van der Waals surface area contributed by atoms with Gasteiger partial charge in [-0.3, -0.25) is 13.9 Å². The van der Waals surface area contributed by atoms with Gasteiger partial charge in [0.05, 0.1) is 35.5 Å². The zero-order valence-corrected chi connectivity index (χ0v) is 18.5. The normalized spacial score (nSPS) is 18.0. The van der Waals surface area contributed by atoms with Gasteiger partial charge in [-0.15, -0.1) is 0 Å². The maximum atomic E-state index is 13.4. The highest BCUT2D eigenvalue weighted by Crippen LogP contribution is 2.42. The average molecular weight is 431 g/mol. The van der Waals surface area contributed by atoms with E-state index in [2.05, 4.69) is 4.57 Å². The largest absolute Gasteiger partial charge is 0.497 e. The lowest BCUT2D eigenvalue weighted by molar-refractivity contribution is -0.0142. The highest BCUT2D eigenvalue weighted by atomic mass is 16.5. The van der Waals surface area contributed by atoms with E-state index in [-0.39, 0.29) is 17.4 Å². The van der Waals surface area contributed by atoms with Crippen LogP contribution in [0.1, 0.15) is 24.3 Å². The first kappa shape index (κ1) is 20.3. The first-order valence-corrected chi connectivity index (χ1v) is 10.6. The van der Waals surface area contributed by atoms with Crippen molar-refractivity contribution in [2.75, 3.05) is 7.11 Å². The number of hydrogen-bond donors (Lipinski definition) is 0. The fourth-order valence-electron chi connectivity index (χ4n) is 4.70. The van der Waals surface area contributed by atoms with E-state index in [9.17, 15) is 9.59 Å². The van der Waals surface area contributed by atoms with Crippen LogP contribution in [-0.4, -0.2) is 26.9 Å². The average Bonchev–Trinajstić information content (AvgIpc) is 3.16. The van der Waals surface area contributed by atoms with E-state index < -0.39 is 6.10 Å². The third-order valence-electron chi connectivity index (χ3n) is 6.23. The van der Waals surface area contributed by atoms with Crippen LogP contribution in [0.4, 0.5) is 0 Å². The SMILES string of the molecule is COc1ccc([C@H]2O[C@@H](C)Cn3c(-c4ccccc4)c4c(=O)n(C)c(=O)n(C)c4c32)cc1. The van der Waals surface area contributed by atoms with Crippen molar-refractivity contribution >= 4 is 10.9 Å². The number of ether oxygens (including phenoxy) is 2. The van der Waals surface area contributed by atoms with E-state index in [0.717, 1.165) is 28.3 Å². The second kappa shape index (κ2) is 7.53. The summed E-state index contributed by atoms with van der Waals surface area (Å²) in [5.41, 5.74) is 3.46. The van der Waals surface area contributed by atoms with Crippen LogP contribution in [0.2, 0.25) is 0 Å². The molecule has 2 aromatic heterocycles. The zero-order chi connectivity index (χ0) is 22.6. The Bertz CT molecular complexity index is 1430. The van der Waals surface area contributed by atoms with Crippen LogP contribution in [-0.2, 0) is 25.4 Å². The topological polar surface area (TPSA) is 67.4 Å². The lowest BCUT2D eigenvalue weighted by Crippen LogP contribution is -2.37. The van der Waals surface area contributed by atoms with Gasteiger partial charge in [0.15, 0.2) is 0 Å². The molecule has 2 atom stereocenters. The molecule has 0 N–H and O–H groups in total. The number of rotatable bonds is 3. The Hall–Kier alpha value is -3.58. The van der Waals surface area contributed by atoms with Crippen molar-refractivity contribution in [3.05, 3.63) is 86.7 Å². The van der Waals surface area contributed by atoms with Crippen LogP contribution in [0.5, 0.6) is 5.75 Å². The Morgan fingerprint density at radius 2 is 1.66 bits per heavy atom. The highest BCUT2D eigenvalue weighted by molar-refractivity contribution is 5.96. The summed E-state index contributed by atoms with van der Waals surface area (Å²) in [6.45, 7) is 2.61. The first-order chi connectivity index (χ1) is 15.4. The van der Waals surface area contributed by atoms with E-state index in [4.69, 9.17) is 9.47 Å². The summed E-state index contributed by atoms with van der Waals surface area (Å²) in [5, 5.41) is 0.534. The molecule has 1 aliphatic rings. The molecular formula is C25H25N3O4. The van der Waals surface area contributed by atoms with Gasteiger partial charge in [0.1, 0.15) is 11.9 Å². The minimum absolute atomic E-state index is 0.0836. The minimum atomic E-state index is -0.428. The third-order valence-corrected chi connectivity index (χ3v) is 6.23. The van der Waals surface area contributed by atoms with Crippen molar-refractivity contribution in [1.29, 1.82) is 0 Å². The summed E-state index contributed by atoms with van der Waals surface area (Å²) in [6.07, 6.45) is -0.512. The Morgan fingerprint density at radius 1 is 0.969 bits per heavy atom. The summed E-state index contributed by atoms with van der Waals surface area (Å²) >= 11 is 0. The van der Waals surface area contributed by atoms with Crippen LogP contribution in [0.3, 0.4) is 0 Å². The van der Waals surface area contributed by atoms with Gasteiger partial charge in [-0.2, -0.15) is 0 Å². The van der Waals surface area contributed by atoms with Gasteiger partial charge >= 0.3 is 5.69 Å². The molecule has 5 rings (SSSR count). The molecule has 4 aromatic rings. The minimum Gasteiger partial charge on any atom is -0.497 e. The van der Waals surface area contributed by atoms with E-state index in [0.29, 0.717) is 17.4 Å². The number of benzene rings is 2. The zero-order valence-electron chi connectivity index (χ0n) is 18.5. The van der Waals surface area contributed by atoms with Crippen molar-refractivity contribution in [3.63, 3.8) is 0 Å².